The topological polar surface area (TPSA) is 83.7 Å². The summed E-state index contributed by atoms with van der Waals surface area (Å²) in [5.41, 5.74) is 6.87. The normalized spacial score (nSPS) is 25.2. The lowest BCUT2D eigenvalue weighted by molar-refractivity contribution is -0.140. The fourth-order valence-corrected chi connectivity index (χ4v) is 5.52. The Hall–Kier alpha value is -1.44. The van der Waals surface area contributed by atoms with Crippen molar-refractivity contribution in [2.75, 3.05) is 26.2 Å². The summed E-state index contributed by atoms with van der Waals surface area (Å²) in [5.74, 6) is -0.194. The van der Waals surface area contributed by atoms with E-state index in [4.69, 9.17) is 5.73 Å². The molecule has 26 heavy (non-hydrogen) atoms. The van der Waals surface area contributed by atoms with Crippen molar-refractivity contribution in [1.82, 2.24) is 9.21 Å². The Labute approximate surface area is 156 Å². The maximum absolute atomic E-state index is 13.0. The van der Waals surface area contributed by atoms with Gasteiger partial charge in [0.25, 0.3) is 0 Å². The Morgan fingerprint density at radius 1 is 1.12 bits per heavy atom. The predicted octanol–water partition coefficient (Wildman–Crippen LogP) is 1.74. The summed E-state index contributed by atoms with van der Waals surface area (Å²) in [4.78, 5) is 15.2. The highest BCUT2D eigenvalue weighted by molar-refractivity contribution is 7.89. The Kier molecular flexibility index (Phi) is 5.99. The van der Waals surface area contributed by atoms with Crippen molar-refractivity contribution < 1.29 is 13.2 Å². The molecule has 6 nitrogen and oxygen atoms in total. The fraction of sp³-hybridized carbons (Fsp3) is 0.632. The van der Waals surface area contributed by atoms with Crippen LogP contribution in [-0.4, -0.2) is 55.8 Å². The van der Waals surface area contributed by atoms with Gasteiger partial charge in [-0.3, -0.25) is 4.79 Å². The molecule has 3 rings (SSSR count). The quantitative estimate of drug-likeness (QED) is 0.864. The van der Waals surface area contributed by atoms with E-state index in [2.05, 4.69) is 0 Å². The van der Waals surface area contributed by atoms with Crippen LogP contribution >= 0.6 is 0 Å². The second kappa shape index (κ2) is 8.06. The molecule has 7 heteroatoms. The average Bonchev–Trinajstić information content (AvgIpc) is 2.68. The number of rotatable bonds is 4. The van der Waals surface area contributed by atoms with Gasteiger partial charge >= 0.3 is 0 Å². The molecule has 1 aromatic carbocycles. The molecule has 0 bridgehead atoms. The lowest BCUT2D eigenvalue weighted by Crippen LogP contribution is -2.52. The number of carbonyl (C=O) groups is 1. The zero-order valence-corrected chi connectivity index (χ0v) is 16.2. The summed E-state index contributed by atoms with van der Waals surface area (Å²) >= 11 is 0. The first-order valence-corrected chi connectivity index (χ1v) is 10.9. The highest BCUT2D eigenvalue weighted by atomic mass is 32.2. The molecule has 0 spiro atoms. The number of nitrogens with zero attached hydrogens (tertiary/aromatic N) is 2. The van der Waals surface area contributed by atoms with Gasteiger partial charge in [0.15, 0.2) is 0 Å². The number of carbonyl (C=O) groups excluding carboxylic acids is 1. The molecule has 2 saturated heterocycles. The highest BCUT2D eigenvalue weighted by Gasteiger charge is 2.37. The van der Waals surface area contributed by atoms with Crippen molar-refractivity contribution in [1.29, 1.82) is 0 Å². The number of nitrogens with two attached hydrogens (primary N) is 1. The molecule has 144 valence electrons. The molecule has 0 aliphatic carbocycles. The zero-order valence-electron chi connectivity index (χ0n) is 15.4. The Morgan fingerprint density at radius 3 is 2.54 bits per heavy atom. The third-order valence-corrected chi connectivity index (χ3v) is 7.45. The van der Waals surface area contributed by atoms with Gasteiger partial charge in [-0.25, -0.2) is 8.42 Å². The zero-order chi connectivity index (χ0) is 18.7. The van der Waals surface area contributed by atoms with E-state index >= 15 is 0 Å². The van der Waals surface area contributed by atoms with Gasteiger partial charge in [-0.15, -0.1) is 0 Å². The van der Waals surface area contributed by atoms with E-state index in [0.717, 1.165) is 37.8 Å². The van der Waals surface area contributed by atoms with Crippen LogP contribution < -0.4 is 5.73 Å². The van der Waals surface area contributed by atoms with Gasteiger partial charge in [-0.1, -0.05) is 17.7 Å². The molecule has 2 aliphatic heterocycles. The van der Waals surface area contributed by atoms with Crippen molar-refractivity contribution in [3.05, 3.63) is 29.8 Å². The summed E-state index contributed by atoms with van der Waals surface area (Å²) in [6.45, 7) is 3.88. The van der Waals surface area contributed by atoms with Crippen LogP contribution in [0, 0.1) is 12.8 Å². The molecule has 0 aromatic heterocycles. The third-order valence-electron chi connectivity index (χ3n) is 5.57. The SMILES string of the molecule is Cc1ccc(S(=O)(=O)N2CCCC(C(=O)N3CCCCC3CN)C2)cc1. The molecular formula is C19H29N3O3S. The number of amides is 1. The first-order valence-electron chi connectivity index (χ1n) is 9.51. The van der Waals surface area contributed by atoms with Crippen LogP contribution in [0.25, 0.3) is 0 Å². The van der Waals surface area contributed by atoms with Crippen LogP contribution in [0.5, 0.6) is 0 Å². The van der Waals surface area contributed by atoms with Crippen molar-refractivity contribution in [2.24, 2.45) is 11.7 Å². The van der Waals surface area contributed by atoms with E-state index in [-0.39, 0.29) is 24.4 Å². The van der Waals surface area contributed by atoms with Gasteiger partial charge in [-0.05, 0) is 51.2 Å². The number of piperidine rings is 2. The van der Waals surface area contributed by atoms with Gasteiger partial charge in [0.05, 0.1) is 10.8 Å². The van der Waals surface area contributed by atoms with Gasteiger partial charge in [0.2, 0.25) is 15.9 Å². The number of hydrogen-bond donors (Lipinski definition) is 1. The van der Waals surface area contributed by atoms with Crippen LogP contribution in [0.2, 0.25) is 0 Å². The standard InChI is InChI=1S/C19H29N3O3S/c1-15-7-9-18(10-8-15)26(24,25)21-11-4-5-16(14-21)19(23)22-12-3-2-6-17(22)13-20/h7-10,16-17H,2-6,11-14,20H2,1H3. The summed E-state index contributed by atoms with van der Waals surface area (Å²) in [5, 5.41) is 0. The molecule has 2 unspecified atom stereocenters. The maximum Gasteiger partial charge on any atom is 0.243 e. The number of benzene rings is 1. The van der Waals surface area contributed by atoms with Gasteiger partial charge < -0.3 is 10.6 Å². The van der Waals surface area contributed by atoms with Gasteiger partial charge in [0, 0.05) is 32.2 Å². The number of hydrogen-bond acceptors (Lipinski definition) is 4. The molecule has 2 aliphatic rings. The van der Waals surface area contributed by atoms with Crippen LogP contribution in [0.15, 0.2) is 29.2 Å². The highest BCUT2D eigenvalue weighted by Crippen LogP contribution is 2.27. The summed E-state index contributed by atoms with van der Waals surface area (Å²) in [7, 11) is -3.56. The first-order chi connectivity index (χ1) is 12.4. The molecule has 0 radical (unpaired) electrons. The monoisotopic (exact) mass is 379 g/mol. The summed E-state index contributed by atoms with van der Waals surface area (Å²) in [6.07, 6.45) is 4.50. The smallest absolute Gasteiger partial charge is 0.243 e. The minimum atomic E-state index is -3.56. The summed E-state index contributed by atoms with van der Waals surface area (Å²) < 4.78 is 27.4. The van der Waals surface area contributed by atoms with Crippen LogP contribution in [0.1, 0.15) is 37.7 Å². The lowest BCUT2D eigenvalue weighted by Gasteiger charge is -2.39. The lowest BCUT2D eigenvalue weighted by atomic mass is 9.94. The number of sulfonamides is 1. The second-order valence-corrected chi connectivity index (χ2v) is 9.37. The van der Waals surface area contributed by atoms with E-state index in [1.54, 1.807) is 24.3 Å². The van der Waals surface area contributed by atoms with Crippen molar-refractivity contribution >= 4 is 15.9 Å². The van der Waals surface area contributed by atoms with E-state index in [1.807, 2.05) is 11.8 Å². The van der Waals surface area contributed by atoms with Crippen molar-refractivity contribution in [3.8, 4) is 0 Å². The molecule has 2 N–H and O–H groups in total. The summed E-state index contributed by atoms with van der Waals surface area (Å²) in [6, 6.07) is 6.99. The molecule has 0 saturated carbocycles. The second-order valence-electron chi connectivity index (χ2n) is 7.43. The first kappa shape index (κ1) is 19.3. The van der Waals surface area contributed by atoms with Crippen LogP contribution in [-0.2, 0) is 14.8 Å². The van der Waals surface area contributed by atoms with Crippen LogP contribution in [0.3, 0.4) is 0 Å². The molecule has 2 heterocycles. The van der Waals surface area contributed by atoms with E-state index in [1.165, 1.54) is 4.31 Å². The predicted molar refractivity (Wildman–Crippen MR) is 101 cm³/mol. The Morgan fingerprint density at radius 2 is 1.85 bits per heavy atom. The maximum atomic E-state index is 13.0. The molecular weight excluding hydrogens is 350 g/mol. The molecule has 1 aromatic rings. The van der Waals surface area contributed by atoms with E-state index < -0.39 is 10.0 Å². The minimum Gasteiger partial charge on any atom is -0.338 e. The Balaban J connectivity index is 1.74. The molecule has 1 amide bonds. The molecule has 2 fully saturated rings. The third kappa shape index (κ3) is 3.94. The average molecular weight is 380 g/mol. The van der Waals surface area contributed by atoms with Gasteiger partial charge in [-0.2, -0.15) is 4.31 Å². The van der Waals surface area contributed by atoms with Gasteiger partial charge in [0.1, 0.15) is 0 Å². The van der Waals surface area contributed by atoms with Crippen LogP contribution in [0.4, 0.5) is 0 Å². The largest absolute Gasteiger partial charge is 0.338 e. The van der Waals surface area contributed by atoms with E-state index in [9.17, 15) is 13.2 Å². The molecule has 2 atom stereocenters. The van der Waals surface area contributed by atoms with Crippen molar-refractivity contribution in [2.45, 2.75) is 50.0 Å². The minimum absolute atomic E-state index is 0.0731. The number of likely N-dealkylation sites (tertiary alicyclic amines) is 1. The van der Waals surface area contributed by atoms with Crippen molar-refractivity contribution in [3.63, 3.8) is 0 Å². The Bertz CT molecular complexity index is 733. The number of aryl methyl sites for hydroxylation is 1. The van der Waals surface area contributed by atoms with E-state index in [0.29, 0.717) is 24.4 Å². The fourth-order valence-electron chi connectivity index (χ4n) is 3.99.